The number of rotatable bonds is 6. The Kier molecular flexibility index (Phi) is 7.05. The third-order valence-corrected chi connectivity index (χ3v) is 1.55. The van der Waals surface area contributed by atoms with E-state index < -0.39 is 18.0 Å². The molecule has 0 amide bonds. The minimum atomic E-state index is -1.45. The Morgan fingerprint density at radius 3 is 2.33 bits per heavy atom. The summed E-state index contributed by atoms with van der Waals surface area (Å²) in [7, 11) is 3.79. The van der Waals surface area contributed by atoms with Gasteiger partial charge in [0.2, 0.25) is 0 Å². The zero-order valence-corrected chi connectivity index (χ0v) is 8.65. The predicted molar refractivity (Wildman–Crippen MR) is 48.3 cm³/mol. The average molecular weight is 214 g/mol. The quantitative estimate of drug-likeness (QED) is 0.548. The van der Waals surface area contributed by atoms with E-state index in [1.165, 1.54) is 0 Å². The fraction of sp³-hybridized carbons (Fsp3) is 0.800. The number of hydrogen-bond acceptors (Lipinski definition) is 5. The van der Waals surface area contributed by atoms with Gasteiger partial charge in [0.1, 0.15) is 18.8 Å². The third-order valence-electron chi connectivity index (χ3n) is 1.19. The molecule has 2 N–H and O–H groups in total. The van der Waals surface area contributed by atoms with E-state index in [2.05, 4.69) is 9.05 Å². The largest absolute Gasteiger partial charge is 0.388 e. The molecule has 5 nitrogen and oxygen atoms in total. The summed E-state index contributed by atoms with van der Waals surface area (Å²) in [6.45, 7) is -0.367. The van der Waals surface area contributed by atoms with Crippen LogP contribution < -0.4 is 0 Å². The van der Waals surface area contributed by atoms with Gasteiger partial charge in [0, 0.05) is 18.9 Å². The first-order chi connectivity index (χ1) is 5.63. The summed E-state index contributed by atoms with van der Waals surface area (Å²) in [6.07, 6.45) is -2.67. The molecule has 0 spiro atoms. The van der Waals surface area contributed by atoms with Gasteiger partial charge < -0.3 is 19.3 Å². The van der Waals surface area contributed by atoms with Crippen LogP contribution in [-0.2, 0) is 13.8 Å². The normalized spacial score (nSPS) is 15.7. The predicted octanol–water partition coefficient (Wildman–Crippen LogP) is -1.11. The van der Waals surface area contributed by atoms with Crippen LogP contribution in [0, 0.1) is 0 Å². The standard InChI is InChI=1S/C5H12O5P2/c6-3(1-9-11)5(8)4(7)2-10-12/h3,5-6,8H,1-2,11-12H2. The summed E-state index contributed by atoms with van der Waals surface area (Å²) in [4.78, 5) is 10.8. The average Bonchev–Trinajstić information content (AvgIpc) is 2.04. The molecule has 12 heavy (non-hydrogen) atoms. The maximum Gasteiger partial charge on any atom is 0.189 e. The zero-order chi connectivity index (χ0) is 9.56. The molecule has 0 fully saturated rings. The maximum atomic E-state index is 10.8. The van der Waals surface area contributed by atoms with Crippen molar-refractivity contribution < 1.29 is 24.1 Å². The van der Waals surface area contributed by atoms with Crippen LogP contribution in [0.15, 0.2) is 0 Å². The number of aliphatic hydroxyl groups is 2. The lowest BCUT2D eigenvalue weighted by Gasteiger charge is -2.14. The van der Waals surface area contributed by atoms with Gasteiger partial charge in [-0.25, -0.2) is 0 Å². The van der Waals surface area contributed by atoms with Crippen LogP contribution in [0.2, 0.25) is 0 Å². The summed E-state index contributed by atoms with van der Waals surface area (Å²) in [6, 6.07) is 0. The monoisotopic (exact) mass is 214 g/mol. The van der Waals surface area contributed by atoms with Gasteiger partial charge >= 0.3 is 0 Å². The van der Waals surface area contributed by atoms with E-state index in [0.717, 1.165) is 0 Å². The highest BCUT2D eigenvalue weighted by molar-refractivity contribution is 7.10. The molecular formula is C5H12O5P2. The van der Waals surface area contributed by atoms with Crippen molar-refractivity contribution in [2.24, 2.45) is 0 Å². The van der Waals surface area contributed by atoms with Gasteiger partial charge in [-0.15, -0.1) is 0 Å². The van der Waals surface area contributed by atoms with Crippen LogP contribution in [0.25, 0.3) is 0 Å². The molecule has 0 bridgehead atoms. The zero-order valence-electron chi connectivity index (χ0n) is 6.34. The van der Waals surface area contributed by atoms with E-state index in [9.17, 15) is 4.79 Å². The van der Waals surface area contributed by atoms with Crippen molar-refractivity contribution in [3.63, 3.8) is 0 Å². The highest BCUT2D eigenvalue weighted by Crippen LogP contribution is 2.00. The molecule has 0 aromatic rings. The molecule has 0 aromatic carbocycles. The summed E-state index contributed by atoms with van der Waals surface area (Å²) >= 11 is 0. The smallest absolute Gasteiger partial charge is 0.189 e. The van der Waals surface area contributed by atoms with Gasteiger partial charge in [0.05, 0.1) is 6.61 Å². The van der Waals surface area contributed by atoms with Gasteiger partial charge in [-0.3, -0.25) is 4.79 Å². The second-order valence-electron chi connectivity index (χ2n) is 2.12. The number of carbonyl (C=O) groups excluding carboxylic acids is 1. The van der Waals surface area contributed by atoms with Crippen LogP contribution in [0.4, 0.5) is 0 Å². The molecule has 0 radical (unpaired) electrons. The topological polar surface area (TPSA) is 76.0 Å². The van der Waals surface area contributed by atoms with Crippen molar-refractivity contribution in [2.45, 2.75) is 12.2 Å². The molecule has 4 atom stereocenters. The van der Waals surface area contributed by atoms with Gasteiger partial charge in [0.15, 0.2) is 5.78 Å². The lowest BCUT2D eigenvalue weighted by Crippen LogP contribution is -2.38. The van der Waals surface area contributed by atoms with Gasteiger partial charge in [-0.2, -0.15) is 0 Å². The van der Waals surface area contributed by atoms with E-state index in [1.54, 1.807) is 0 Å². The molecule has 4 unspecified atom stereocenters. The highest BCUT2D eigenvalue weighted by Gasteiger charge is 2.23. The molecule has 0 aromatic heterocycles. The number of hydrogen-bond donors (Lipinski definition) is 2. The van der Waals surface area contributed by atoms with Crippen molar-refractivity contribution in [1.29, 1.82) is 0 Å². The lowest BCUT2D eigenvalue weighted by atomic mass is 10.1. The lowest BCUT2D eigenvalue weighted by molar-refractivity contribution is -0.135. The van der Waals surface area contributed by atoms with Crippen molar-refractivity contribution in [3.05, 3.63) is 0 Å². The first kappa shape index (κ1) is 12.4. The van der Waals surface area contributed by atoms with Crippen LogP contribution in [0.1, 0.15) is 0 Å². The summed E-state index contributed by atoms with van der Waals surface area (Å²) in [5.74, 6) is -0.584. The number of Topliss-reactive ketones (excluding diaryl/α,β-unsaturated/α-hetero) is 1. The van der Waals surface area contributed by atoms with Gasteiger partial charge in [-0.1, -0.05) is 0 Å². The van der Waals surface area contributed by atoms with Crippen molar-refractivity contribution in [2.75, 3.05) is 13.2 Å². The van der Waals surface area contributed by atoms with E-state index in [0.29, 0.717) is 0 Å². The summed E-state index contributed by atoms with van der Waals surface area (Å²) < 4.78 is 8.86. The van der Waals surface area contributed by atoms with Crippen LogP contribution in [0.3, 0.4) is 0 Å². The molecule has 0 rings (SSSR count). The molecule has 7 heteroatoms. The molecule has 72 valence electrons. The number of carbonyl (C=O) groups is 1. The summed E-state index contributed by atoms with van der Waals surface area (Å²) in [5, 5.41) is 18.1. The second kappa shape index (κ2) is 6.84. The Bertz CT molecular complexity index is 142. The molecular weight excluding hydrogens is 202 g/mol. The van der Waals surface area contributed by atoms with E-state index in [-0.39, 0.29) is 13.2 Å². The minimum absolute atomic E-state index is 0.117. The fourth-order valence-electron chi connectivity index (χ4n) is 0.572. The first-order valence-electron chi connectivity index (χ1n) is 3.15. The minimum Gasteiger partial charge on any atom is -0.388 e. The maximum absolute atomic E-state index is 10.8. The fourth-order valence-corrected chi connectivity index (χ4v) is 0.933. The molecule has 0 saturated heterocycles. The van der Waals surface area contributed by atoms with Crippen molar-refractivity contribution >= 4 is 24.7 Å². The molecule has 0 aliphatic carbocycles. The van der Waals surface area contributed by atoms with E-state index in [1.807, 2.05) is 18.9 Å². The third kappa shape index (κ3) is 4.41. The number of aliphatic hydroxyl groups excluding tert-OH is 2. The Morgan fingerprint density at radius 2 is 1.92 bits per heavy atom. The second-order valence-corrected chi connectivity index (χ2v) is 2.79. The van der Waals surface area contributed by atoms with Crippen molar-refractivity contribution in [3.8, 4) is 0 Å². The number of ketones is 1. The molecule has 0 heterocycles. The Labute approximate surface area is 75.0 Å². The van der Waals surface area contributed by atoms with Crippen molar-refractivity contribution in [1.82, 2.24) is 0 Å². The summed E-state index contributed by atoms with van der Waals surface area (Å²) in [5.41, 5.74) is 0. The van der Waals surface area contributed by atoms with Crippen LogP contribution >= 0.6 is 18.9 Å². The molecule has 0 saturated carbocycles. The van der Waals surface area contributed by atoms with Gasteiger partial charge in [0.25, 0.3) is 0 Å². The Morgan fingerprint density at radius 1 is 1.33 bits per heavy atom. The van der Waals surface area contributed by atoms with E-state index in [4.69, 9.17) is 10.2 Å². The Hall–Kier alpha value is 0.370. The SMILES string of the molecule is O=C(COP)C(O)C(O)COP. The molecule has 0 aliphatic rings. The molecule has 0 aliphatic heterocycles. The van der Waals surface area contributed by atoms with Gasteiger partial charge in [-0.05, 0) is 0 Å². The first-order valence-corrected chi connectivity index (χ1v) is 4.10. The van der Waals surface area contributed by atoms with Crippen LogP contribution in [0.5, 0.6) is 0 Å². The van der Waals surface area contributed by atoms with E-state index >= 15 is 0 Å². The highest BCUT2D eigenvalue weighted by atomic mass is 31.0. The van der Waals surface area contributed by atoms with Crippen LogP contribution in [-0.4, -0.2) is 41.4 Å². The Balaban J connectivity index is 3.82.